The summed E-state index contributed by atoms with van der Waals surface area (Å²) in [4.78, 5) is 4.27. The van der Waals surface area contributed by atoms with Crippen LogP contribution in [0.2, 0.25) is 0 Å². The molecule has 0 aliphatic carbocycles. The minimum Gasteiger partial charge on any atom is -0.356 e. The van der Waals surface area contributed by atoms with Crippen molar-refractivity contribution in [3.05, 3.63) is 48.0 Å². The second-order valence-corrected chi connectivity index (χ2v) is 4.37. The van der Waals surface area contributed by atoms with E-state index < -0.39 is 0 Å². The van der Waals surface area contributed by atoms with Gasteiger partial charge in [0.05, 0.1) is 0 Å². The summed E-state index contributed by atoms with van der Waals surface area (Å²) >= 11 is 0. The summed E-state index contributed by atoms with van der Waals surface area (Å²) in [6.07, 6.45) is 4.61. The van der Waals surface area contributed by atoms with E-state index in [1.807, 2.05) is 25.3 Å². The number of imidazole rings is 1. The molecule has 0 radical (unpaired) electrons. The number of anilines is 1. The molecule has 4 heteroatoms. The fourth-order valence-corrected chi connectivity index (χ4v) is 2.02. The van der Waals surface area contributed by atoms with Crippen LogP contribution in [0.1, 0.15) is 25.5 Å². The smallest absolute Gasteiger partial charge is 0.203 e. The lowest BCUT2D eigenvalue weighted by Gasteiger charge is -2.16. The summed E-state index contributed by atoms with van der Waals surface area (Å²) in [7, 11) is 0. The van der Waals surface area contributed by atoms with Crippen molar-refractivity contribution in [1.82, 2.24) is 9.55 Å². The van der Waals surface area contributed by atoms with E-state index in [4.69, 9.17) is 0 Å². The van der Waals surface area contributed by atoms with Gasteiger partial charge < -0.3 is 9.88 Å². The highest BCUT2D eigenvalue weighted by Gasteiger charge is 2.10. The average Bonchev–Trinajstić information content (AvgIpc) is 2.81. The van der Waals surface area contributed by atoms with Crippen LogP contribution in [0, 0.1) is 5.82 Å². The van der Waals surface area contributed by atoms with Crippen LogP contribution in [0.4, 0.5) is 10.3 Å². The highest BCUT2D eigenvalue weighted by atomic mass is 19.1. The van der Waals surface area contributed by atoms with E-state index in [1.54, 1.807) is 6.20 Å². The number of hydrogen-bond donors (Lipinski definition) is 1. The highest BCUT2D eigenvalue weighted by Crippen LogP contribution is 2.18. The normalized spacial score (nSPS) is 12.4. The summed E-state index contributed by atoms with van der Waals surface area (Å²) in [6.45, 7) is 5.02. The van der Waals surface area contributed by atoms with Gasteiger partial charge in [0.1, 0.15) is 5.82 Å². The molecule has 96 valence electrons. The molecule has 1 N–H and O–H groups in total. The third kappa shape index (κ3) is 2.88. The minimum atomic E-state index is -0.192. The SMILES string of the molecule is CCNc1nccn1C(C)Cc1ccc(F)cc1. The van der Waals surface area contributed by atoms with Crippen molar-refractivity contribution in [3.63, 3.8) is 0 Å². The molecule has 0 aliphatic rings. The van der Waals surface area contributed by atoms with Crippen LogP contribution in [0.25, 0.3) is 0 Å². The monoisotopic (exact) mass is 247 g/mol. The van der Waals surface area contributed by atoms with E-state index in [0.29, 0.717) is 0 Å². The van der Waals surface area contributed by atoms with Gasteiger partial charge in [0, 0.05) is 25.0 Å². The highest BCUT2D eigenvalue weighted by molar-refractivity contribution is 5.27. The Balaban J connectivity index is 2.09. The lowest BCUT2D eigenvalue weighted by molar-refractivity contribution is 0.548. The van der Waals surface area contributed by atoms with Crippen molar-refractivity contribution in [2.24, 2.45) is 0 Å². The molecule has 1 unspecified atom stereocenters. The molecular weight excluding hydrogens is 229 g/mol. The molecule has 18 heavy (non-hydrogen) atoms. The largest absolute Gasteiger partial charge is 0.356 e. The molecule has 0 bridgehead atoms. The van der Waals surface area contributed by atoms with Crippen molar-refractivity contribution in [2.75, 3.05) is 11.9 Å². The van der Waals surface area contributed by atoms with Crippen LogP contribution in [-0.4, -0.2) is 16.1 Å². The van der Waals surface area contributed by atoms with Crippen LogP contribution >= 0.6 is 0 Å². The number of nitrogens with zero attached hydrogens (tertiary/aromatic N) is 2. The van der Waals surface area contributed by atoms with Crippen LogP contribution < -0.4 is 5.32 Å². The van der Waals surface area contributed by atoms with Gasteiger partial charge >= 0.3 is 0 Å². The van der Waals surface area contributed by atoms with E-state index in [9.17, 15) is 4.39 Å². The number of nitrogens with one attached hydrogen (secondary N) is 1. The van der Waals surface area contributed by atoms with E-state index in [1.165, 1.54) is 12.1 Å². The molecule has 1 aromatic carbocycles. The first-order valence-electron chi connectivity index (χ1n) is 6.22. The fraction of sp³-hybridized carbons (Fsp3) is 0.357. The maximum Gasteiger partial charge on any atom is 0.203 e. The first kappa shape index (κ1) is 12.6. The van der Waals surface area contributed by atoms with Gasteiger partial charge in [-0.05, 0) is 38.0 Å². The van der Waals surface area contributed by atoms with Gasteiger partial charge in [0.2, 0.25) is 5.95 Å². The zero-order valence-electron chi connectivity index (χ0n) is 10.7. The van der Waals surface area contributed by atoms with Crippen molar-refractivity contribution in [3.8, 4) is 0 Å². The molecule has 2 aromatic rings. The number of aromatic nitrogens is 2. The van der Waals surface area contributed by atoms with Crippen LogP contribution in [0.5, 0.6) is 0 Å². The van der Waals surface area contributed by atoms with Gasteiger partial charge in [-0.3, -0.25) is 0 Å². The first-order valence-corrected chi connectivity index (χ1v) is 6.22. The fourth-order valence-electron chi connectivity index (χ4n) is 2.02. The van der Waals surface area contributed by atoms with Crippen molar-refractivity contribution in [2.45, 2.75) is 26.3 Å². The predicted octanol–water partition coefficient (Wildman–Crippen LogP) is 3.26. The van der Waals surface area contributed by atoms with Crippen LogP contribution in [-0.2, 0) is 6.42 Å². The van der Waals surface area contributed by atoms with E-state index in [2.05, 4.69) is 21.8 Å². The van der Waals surface area contributed by atoms with Gasteiger partial charge in [-0.1, -0.05) is 12.1 Å². The molecular formula is C14H18FN3. The summed E-state index contributed by atoms with van der Waals surface area (Å²) in [6, 6.07) is 6.94. The predicted molar refractivity (Wildman–Crippen MR) is 71.2 cm³/mol. The molecule has 1 aromatic heterocycles. The molecule has 0 saturated carbocycles. The van der Waals surface area contributed by atoms with E-state index in [-0.39, 0.29) is 11.9 Å². The minimum absolute atomic E-state index is 0.192. The zero-order chi connectivity index (χ0) is 13.0. The third-order valence-electron chi connectivity index (χ3n) is 2.92. The van der Waals surface area contributed by atoms with Crippen molar-refractivity contribution < 1.29 is 4.39 Å². The molecule has 0 amide bonds. The standard InChI is InChI=1S/C14H18FN3/c1-3-16-14-17-8-9-18(14)11(2)10-12-4-6-13(15)7-5-12/h4-9,11H,3,10H2,1-2H3,(H,16,17). The molecule has 1 atom stereocenters. The van der Waals surface area contributed by atoms with Gasteiger partial charge in [0.15, 0.2) is 0 Å². The molecule has 3 nitrogen and oxygen atoms in total. The second-order valence-electron chi connectivity index (χ2n) is 4.37. The van der Waals surface area contributed by atoms with Crippen LogP contribution in [0.3, 0.4) is 0 Å². The van der Waals surface area contributed by atoms with Gasteiger partial charge in [-0.15, -0.1) is 0 Å². The molecule has 0 spiro atoms. The maximum absolute atomic E-state index is 12.8. The summed E-state index contributed by atoms with van der Waals surface area (Å²) in [5.41, 5.74) is 1.13. The Morgan fingerprint density at radius 1 is 1.33 bits per heavy atom. The number of hydrogen-bond acceptors (Lipinski definition) is 2. The van der Waals surface area contributed by atoms with Gasteiger partial charge in [-0.2, -0.15) is 0 Å². The van der Waals surface area contributed by atoms with Crippen LogP contribution in [0.15, 0.2) is 36.7 Å². The number of rotatable bonds is 5. The lowest BCUT2D eigenvalue weighted by Crippen LogP contribution is -2.12. The van der Waals surface area contributed by atoms with E-state index >= 15 is 0 Å². The molecule has 0 saturated heterocycles. The second kappa shape index (κ2) is 5.67. The molecule has 0 aliphatic heterocycles. The number of halogens is 1. The third-order valence-corrected chi connectivity index (χ3v) is 2.92. The first-order chi connectivity index (χ1) is 8.70. The number of benzene rings is 1. The van der Waals surface area contributed by atoms with E-state index in [0.717, 1.165) is 24.5 Å². The van der Waals surface area contributed by atoms with Gasteiger partial charge in [-0.25, -0.2) is 9.37 Å². The average molecular weight is 247 g/mol. The Kier molecular flexibility index (Phi) is 3.97. The molecule has 1 heterocycles. The van der Waals surface area contributed by atoms with Gasteiger partial charge in [0.25, 0.3) is 0 Å². The summed E-state index contributed by atoms with van der Waals surface area (Å²) in [5, 5.41) is 3.22. The van der Waals surface area contributed by atoms with Crippen molar-refractivity contribution in [1.29, 1.82) is 0 Å². The Labute approximate surface area is 107 Å². The quantitative estimate of drug-likeness (QED) is 0.879. The van der Waals surface area contributed by atoms with Crippen molar-refractivity contribution >= 4 is 5.95 Å². The Hall–Kier alpha value is -1.84. The molecule has 2 rings (SSSR count). The molecule has 0 fully saturated rings. The Bertz CT molecular complexity index is 490. The lowest BCUT2D eigenvalue weighted by atomic mass is 10.1. The topological polar surface area (TPSA) is 29.9 Å². The Morgan fingerprint density at radius 2 is 2.06 bits per heavy atom. The zero-order valence-corrected chi connectivity index (χ0v) is 10.7. The maximum atomic E-state index is 12.8. The summed E-state index contributed by atoms with van der Waals surface area (Å²) < 4.78 is 14.9. The Morgan fingerprint density at radius 3 is 2.72 bits per heavy atom. The summed E-state index contributed by atoms with van der Waals surface area (Å²) in [5.74, 6) is 0.689.